The molecule has 0 spiro atoms. The van der Waals surface area contributed by atoms with Crippen molar-refractivity contribution in [3.8, 4) is 11.5 Å². The number of sulfone groups is 1. The second kappa shape index (κ2) is 7.79. The molecule has 0 bridgehead atoms. The molecule has 7 nitrogen and oxygen atoms in total. The van der Waals surface area contributed by atoms with Gasteiger partial charge < -0.3 is 14.8 Å². The van der Waals surface area contributed by atoms with Crippen molar-refractivity contribution in [2.75, 3.05) is 31.0 Å². The molecule has 0 aliphatic carbocycles. The van der Waals surface area contributed by atoms with Gasteiger partial charge in [-0.1, -0.05) is 0 Å². The Kier molecular flexibility index (Phi) is 6.36. The molecule has 8 heteroatoms. The molecule has 0 saturated carbocycles. The predicted octanol–water partition coefficient (Wildman–Crippen LogP) is 1.04. The van der Waals surface area contributed by atoms with Crippen LogP contribution in [-0.4, -0.2) is 45.8 Å². The largest absolute Gasteiger partial charge is 0.493 e. The number of ether oxygens (including phenoxy) is 2. The van der Waals surface area contributed by atoms with Gasteiger partial charge in [-0.15, -0.1) is 0 Å². The Balaban J connectivity index is 2.71. The number of anilines is 1. The molecule has 0 radical (unpaired) electrons. The van der Waals surface area contributed by atoms with Crippen molar-refractivity contribution in [1.29, 1.82) is 0 Å². The van der Waals surface area contributed by atoms with Crippen LogP contribution < -0.4 is 14.8 Å². The first kappa shape index (κ1) is 18.0. The van der Waals surface area contributed by atoms with Crippen molar-refractivity contribution in [3.63, 3.8) is 0 Å². The van der Waals surface area contributed by atoms with Gasteiger partial charge in [-0.05, 0) is 19.1 Å². The average Bonchev–Trinajstić information content (AvgIpc) is 2.44. The summed E-state index contributed by atoms with van der Waals surface area (Å²) in [6, 6.07) is 4.69. The van der Waals surface area contributed by atoms with Crippen LogP contribution in [-0.2, 0) is 19.4 Å². The van der Waals surface area contributed by atoms with E-state index in [4.69, 9.17) is 9.47 Å². The lowest BCUT2D eigenvalue weighted by Crippen LogP contribution is -2.25. The Labute approximate surface area is 129 Å². The summed E-state index contributed by atoms with van der Waals surface area (Å²) >= 11 is 0. The summed E-state index contributed by atoms with van der Waals surface area (Å²) in [5.41, 5.74) is 0.393. The molecular weight excluding hydrogens is 310 g/mol. The molecule has 1 aromatic carbocycles. The maximum Gasteiger partial charge on any atom is 0.239 e. The number of Topliss-reactive ketones (excluding diaryl/α,β-unsaturated/α-hetero) is 1. The SMILES string of the molecule is COc1ccc(NC(=O)CS(=O)(=O)CCC(C)=O)cc1OC. The molecule has 1 aromatic rings. The molecule has 0 aliphatic heterocycles. The molecule has 1 N–H and O–H groups in total. The molecule has 22 heavy (non-hydrogen) atoms. The number of hydrogen-bond acceptors (Lipinski definition) is 6. The molecule has 0 atom stereocenters. The minimum atomic E-state index is -3.61. The molecule has 0 aromatic heterocycles. The van der Waals surface area contributed by atoms with E-state index in [1.54, 1.807) is 12.1 Å². The van der Waals surface area contributed by atoms with Crippen molar-refractivity contribution in [2.45, 2.75) is 13.3 Å². The lowest BCUT2D eigenvalue weighted by atomic mass is 10.2. The van der Waals surface area contributed by atoms with Crippen molar-refractivity contribution in [1.82, 2.24) is 0 Å². The van der Waals surface area contributed by atoms with E-state index in [-0.39, 0.29) is 18.0 Å². The van der Waals surface area contributed by atoms with Gasteiger partial charge in [-0.2, -0.15) is 0 Å². The highest BCUT2D eigenvalue weighted by molar-refractivity contribution is 7.92. The number of methoxy groups -OCH3 is 2. The van der Waals surface area contributed by atoms with E-state index >= 15 is 0 Å². The van der Waals surface area contributed by atoms with Crippen LogP contribution in [0, 0.1) is 0 Å². The van der Waals surface area contributed by atoms with Crippen LogP contribution in [0.4, 0.5) is 5.69 Å². The van der Waals surface area contributed by atoms with Crippen molar-refractivity contribution in [2.24, 2.45) is 0 Å². The third-order valence-electron chi connectivity index (χ3n) is 2.78. The van der Waals surface area contributed by atoms with Gasteiger partial charge in [0.25, 0.3) is 0 Å². The van der Waals surface area contributed by atoms with Crippen molar-refractivity contribution >= 4 is 27.2 Å². The van der Waals surface area contributed by atoms with Gasteiger partial charge in [0, 0.05) is 18.2 Å². The maximum absolute atomic E-state index is 11.8. The second-order valence-corrected chi connectivity index (χ2v) is 6.85. The molecule has 0 saturated heterocycles. The Bertz CT molecular complexity index is 653. The fraction of sp³-hybridized carbons (Fsp3) is 0.429. The van der Waals surface area contributed by atoms with E-state index in [0.29, 0.717) is 17.2 Å². The van der Waals surface area contributed by atoms with Crippen LogP contribution in [0.15, 0.2) is 18.2 Å². The molecule has 1 amide bonds. The van der Waals surface area contributed by atoms with Crippen LogP contribution in [0.1, 0.15) is 13.3 Å². The average molecular weight is 329 g/mol. The topological polar surface area (TPSA) is 98.8 Å². The Morgan fingerprint density at radius 3 is 2.32 bits per heavy atom. The van der Waals surface area contributed by atoms with Gasteiger partial charge in [-0.3, -0.25) is 9.59 Å². The van der Waals surface area contributed by atoms with E-state index in [9.17, 15) is 18.0 Å². The summed E-state index contributed by atoms with van der Waals surface area (Å²) in [7, 11) is -0.675. The van der Waals surface area contributed by atoms with E-state index in [2.05, 4.69) is 5.32 Å². The Morgan fingerprint density at radius 2 is 1.77 bits per heavy atom. The number of amides is 1. The first-order chi connectivity index (χ1) is 10.3. The quantitative estimate of drug-likeness (QED) is 0.765. The number of benzene rings is 1. The predicted molar refractivity (Wildman–Crippen MR) is 82.1 cm³/mol. The van der Waals surface area contributed by atoms with Gasteiger partial charge in [0.15, 0.2) is 21.3 Å². The molecule has 1 rings (SSSR count). The minimum Gasteiger partial charge on any atom is -0.493 e. The molecule has 0 aliphatic rings. The smallest absolute Gasteiger partial charge is 0.239 e. The lowest BCUT2D eigenvalue weighted by molar-refractivity contribution is -0.117. The molecule has 0 unspecified atom stereocenters. The van der Waals surface area contributed by atoms with Gasteiger partial charge in [0.1, 0.15) is 11.5 Å². The van der Waals surface area contributed by atoms with Crippen LogP contribution in [0.2, 0.25) is 0 Å². The summed E-state index contributed by atoms with van der Waals surface area (Å²) in [4.78, 5) is 22.6. The zero-order valence-electron chi connectivity index (χ0n) is 12.7. The normalized spacial score (nSPS) is 10.9. The van der Waals surface area contributed by atoms with Crippen LogP contribution >= 0.6 is 0 Å². The minimum absolute atomic E-state index is 0.0913. The van der Waals surface area contributed by atoms with E-state index in [0.717, 1.165) is 0 Å². The number of rotatable bonds is 8. The van der Waals surface area contributed by atoms with Crippen molar-refractivity contribution < 1.29 is 27.5 Å². The van der Waals surface area contributed by atoms with E-state index in [1.165, 1.54) is 27.2 Å². The zero-order valence-corrected chi connectivity index (χ0v) is 13.5. The third-order valence-corrected chi connectivity index (χ3v) is 4.31. The summed E-state index contributed by atoms with van der Waals surface area (Å²) < 4.78 is 33.6. The zero-order chi connectivity index (χ0) is 16.8. The standard InChI is InChI=1S/C14H19NO6S/c1-10(16)6-7-22(18,19)9-14(17)15-11-4-5-12(20-2)13(8-11)21-3/h4-5,8H,6-7,9H2,1-3H3,(H,15,17). The Morgan fingerprint density at radius 1 is 1.14 bits per heavy atom. The maximum atomic E-state index is 11.8. The van der Waals surface area contributed by atoms with E-state index < -0.39 is 21.5 Å². The van der Waals surface area contributed by atoms with E-state index in [1.807, 2.05) is 0 Å². The monoisotopic (exact) mass is 329 g/mol. The van der Waals surface area contributed by atoms with Gasteiger partial charge in [-0.25, -0.2) is 8.42 Å². The summed E-state index contributed by atoms with van der Waals surface area (Å²) in [5, 5.41) is 2.47. The number of carbonyl (C=O) groups excluding carboxylic acids is 2. The van der Waals surface area contributed by atoms with Gasteiger partial charge in [0.05, 0.1) is 20.0 Å². The Hall–Kier alpha value is -2.09. The van der Waals surface area contributed by atoms with Gasteiger partial charge >= 0.3 is 0 Å². The van der Waals surface area contributed by atoms with Crippen LogP contribution in [0.25, 0.3) is 0 Å². The molecule has 122 valence electrons. The van der Waals surface area contributed by atoms with Crippen molar-refractivity contribution in [3.05, 3.63) is 18.2 Å². The summed E-state index contributed by atoms with van der Waals surface area (Å²) in [5.74, 6) is -0.995. The fourth-order valence-corrected chi connectivity index (χ4v) is 2.90. The molecule has 0 heterocycles. The number of ketones is 1. The number of nitrogens with one attached hydrogen (secondary N) is 1. The van der Waals surface area contributed by atoms with Crippen LogP contribution in [0.3, 0.4) is 0 Å². The van der Waals surface area contributed by atoms with Gasteiger partial charge in [0.2, 0.25) is 5.91 Å². The fourth-order valence-electron chi connectivity index (χ4n) is 1.68. The highest BCUT2D eigenvalue weighted by Crippen LogP contribution is 2.29. The lowest BCUT2D eigenvalue weighted by Gasteiger charge is -2.10. The molecular formula is C14H19NO6S. The highest BCUT2D eigenvalue weighted by atomic mass is 32.2. The summed E-state index contributed by atoms with van der Waals surface area (Å²) in [6.45, 7) is 1.30. The molecule has 0 fully saturated rings. The first-order valence-electron chi connectivity index (χ1n) is 6.49. The number of carbonyl (C=O) groups is 2. The third kappa shape index (κ3) is 5.72. The summed E-state index contributed by atoms with van der Waals surface area (Å²) in [6.07, 6.45) is -0.0913. The highest BCUT2D eigenvalue weighted by Gasteiger charge is 2.18. The number of hydrogen-bond donors (Lipinski definition) is 1. The second-order valence-electron chi connectivity index (χ2n) is 4.66. The van der Waals surface area contributed by atoms with Crippen LogP contribution in [0.5, 0.6) is 11.5 Å². The first-order valence-corrected chi connectivity index (χ1v) is 8.31.